The van der Waals surface area contributed by atoms with Gasteiger partial charge in [-0.15, -0.1) is 0 Å². The van der Waals surface area contributed by atoms with Crippen LogP contribution in [0.25, 0.3) is 0 Å². The van der Waals surface area contributed by atoms with Crippen LogP contribution in [0.5, 0.6) is 0 Å². The lowest BCUT2D eigenvalue weighted by molar-refractivity contribution is 0.0733. The van der Waals surface area contributed by atoms with Gasteiger partial charge in [-0.3, -0.25) is 0 Å². The number of nitrogens with two attached hydrogens (primary N) is 1. The third-order valence-corrected chi connectivity index (χ3v) is 2.61. The van der Waals surface area contributed by atoms with Gasteiger partial charge in [0, 0.05) is 5.56 Å². The van der Waals surface area contributed by atoms with Crippen LogP contribution in [0.2, 0.25) is 0 Å². The van der Waals surface area contributed by atoms with Crippen molar-refractivity contribution >= 4 is 9.92 Å². The summed E-state index contributed by atoms with van der Waals surface area (Å²) < 4.78 is 23.6. The third kappa shape index (κ3) is 2.14. The average Bonchev–Trinajstić information content (AvgIpc) is 2.27. The van der Waals surface area contributed by atoms with Crippen LogP contribution >= 0.6 is 0 Å². The van der Waals surface area contributed by atoms with Gasteiger partial charge in [0.1, 0.15) is 5.76 Å². The van der Waals surface area contributed by atoms with Crippen molar-refractivity contribution in [1.29, 1.82) is 4.78 Å². The van der Waals surface area contributed by atoms with E-state index in [2.05, 4.69) is 0 Å². The number of furan rings is 1. The van der Waals surface area contributed by atoms with Gasteiger partial charge in [-0.1, -0.05) is 0 Å². The maximum Gasteiger partial charge on any atom is 0.219 e. The fourth-order valence-electron chi connectivity index (χ4n) is 1.14. The zero-order valence-corrected chi connectivity index (χ0v) is 9.14. The lowest BCUT2D eigenvalue weighted by Gasteiger charge is -2.16. The first-order valence-corrected chi connectivity index (χ1v) is 5.64. The molecule has 1 aromatic heterocycles. The van der Waals surface area contributed by atoms with Crippen molar-refractivity contribution in [3.05, 3.63) is 17.4 Å². The number of nitrogens with one attached hydrogen (secondary N) is 1. The molecule has 0 aliphatic rings. The van der Waals surface area contributed by atoms with E-state index in [1.807, 2.05) is 0 Å². The van der Waals surface area contributed by atoms with Gasteiger partial charge >= 0.3 is 0 Å². The standard InChI is InChI=1S/C8H14N2O3S/c1-5-4-6(8(2,3)11)7(13-5)14(9,10)12/h4,11H,1-3H3,(H3,9,10,12). The van der Waals surface area contributed by atoms with E-state index in [1.54, 1.807) is 6.92 Å². The number of rotatable bonds is 2. The molecule has 1 heterocycles. The highest BCUT2D eigenvalue weighted by molar-refractivity contribution is 7.90. The second kappa shape index (κ2) is 3.08. The van der Waals surface area contributed by atoms with Crippen LogP contribution in [0, 0.1) is 11.7 Å². The Kier molecular flexibility index (Phi) is 2.47. The SMILES string of the molecule is Cc1cc(C(C)(C)O)c(S(=N)(N)=O)o1. The van der Waals surface area contributed by atoms with Crippen molar-refractivity contribution in [2.75, 3.05) is 0 Å². The molecule has 1 unspecified atom stereocenters. The summed E-state index contributed by atoms with van der Waals surface area (Å²) in [5.41, 5.74) is -0.909. The molecule has 1 aromatic rings. The third-order valence-electron chi connectivity index (χ3n) is 1.76. The molecule has 0 aromatic carbocycles. The largest absolute Gasteiger partial charge is 0.450 e. The molecule has 0 bridgehead atoms. The van der Waals surface area contributed by atoms with Gasteiger partial charge < -0.3 is 9.52 Å². The van der Waals surface area contributed by atoms with Gasteiger partial charge in [0.05, 0.1) is 5.60 Å². The summed E-state index contributed by atoms with van der Waals surface area (Å²) in [4.78, 5) is 0. The van der Waals surface area contributed by atoms with Crippen molar-refractivity contribution in [2.45, 2.75) is 31.5 Å². The Morgan fingerprint density at radius 3 is 2.43 bits per heavy atom. The molecule has 0 aliphatic heterocycles. The predicted molar refractivity (Wildman–Crippen MR) is 52.0 cm³/mol. The Bertz CT molecular complexity index is 440. The molecule has 0 saturated heterocycles. The minimum Gasteiger partial charge on any atom is -0.450 e. The van der Waals surface area contributed by atoms with E-state index in [0.29, 0.717) is 11.3 Å². The maximum atomic E-state index is 11.3. The Morgan fingerprint density at radius 1 is 1.64 bits per heavy atom. The average molecular weight is 218 g/mol. The smallest absolute Gasteiger partial charge is 0.219 e. The fourth-order valence-corrected chi connectivity index (χ4v) is 2.04. The molecule has 6 heteroatoms. The normalized spacial score (nSPS) is 16.6. The first kappa shape index (κ1) is 11.2. The summed E-state index contributed by atoms with van der Waals surface area (Å²) in [6, 6.07) is 1.54. The summed E-state index contributed by atoms with van der Waals surface area (Å²) in [5, 5.41) is 14.7. The molecule has 0 spiro atoms. The van der Waals surface area contributed by atoms with E-state index in [1.165, 1.54) is 19.9 Å². The van der Waals surface area contributed by atoms with E-state index in [-0.39, 0.29) is 5.09 Å². The fraction of sp³-hybridized carbons (Fsp3) is 0.500. The van der Waals surface area contributed by atoms with Crippen LogP contribution in [-0.4, -0.2) is 9.32 Å². The molecule has 14 heavy (non-hydrogen) atoms. The number of aliphatic hydroxyl groups is 1. The van der Waals surface area contributed by atoms with Crippen molar-refractivity contribution in [3.8, 4) is 0 Å². The Balaban J connectivity index is 3.46. The molecule has 0 saturated carbocycles. The van der Waals surface area contributed by atoms with Crippen molar-refractivity contribution in [3.63, 3.8) is 0 Å². The second-order valence-electron chi connectivity index (χ2n) is 3.72. The molecular formula is C8H14N2O3S. The van der Waals surface area contributed by atoms with E-state index >= 15 is 0 Å². The number of hydrogen-bond acceptors (Lipinski definition) is 4. The van der Waals surface area contributed by atoms with Crippen molar-refractivity contribution < 1.29 is 13.7 Å². The van der Waals surface area contributed by atoms with Crippen LogP contribution in [-0.2, 0) is 15.5 Å². The first-order chi connectivity index (χ1) is 6.12. The minimum absolute atomic E-state index is 0.150. The summed E-state index contributed by atoms with van der Waals surface area (Å²) in [7, 11) is -3.42. The predicted octanol–water partition coefficient (Wildman–Crippen LogP) is 1.09. The van der Waals surface area contributed by atoms with Crippen LogP contribution < -0.4 is 5.14 Å². The zero-order chi connectivity index (χ0) is 11.1. The van der Waals surface area contributed by atoms with E-state index in [4.69, 9.17) is 14.3 Å². The van der Waals surface area contributed by atoms with Crippen molar-refractivity contribution in [1.82, 2.24) is 0 Å². The van der Waals surface area contributed by atoms with Crippen molar-refractivity contribution in [2.24, 2.45) is 5.14 Å². The van der Waals surface area contributed by atoms with Gasteiger partial charge in [-0.2, -0.15) is 0 Å². The molecule has 0 amide bonds. The van der Waals surface area contributed by atoms with Gasteiger partial charge in [-0.05, 0) is 26.8 Å². The van der Waals surface area contributed by atoms with E-state index < -0.39 is 15.5 Å². The minimum atomic E-state index is -3.42. The van der Waals surface area contributed by atoms with E-state index in [0.717, 1.165) is 0 Å². The summed E-state index contributed by atoms with van der Waals surface area (Å²) in [6.45, 7) is 4.68. The molecule has 80 valence electrons. The Hall–Kier alpha value is -0.850. The highest BCUT2D eigenvalue weighted by atomic mass is 32.2. The number of hydrogen-bond donors (Lipinski definition) is 3. The monoisotopic (exact) mass is 218 g/mol. The topological polar surface area (TPSA) is 100 Å². The highest BCUT2D eigenvalue weighted by Crippen LogP contribution is 2.29. The molecule has 4 N–H and O–H groups in total. The summed E-state index contributed by atoms with van der Waals surface area (Å²) in [6.07, 6.45) is 0. The second-order valence-corrected chi connectivity index (χ2v) is 5.29. The Labute approximate surface area is 83.0 Å². The van der Waals surface area contributed by atoms with Crippen LogP contribution in [0.1, 0.15) is 25.2 Å². The van der Waals surface area contributed by atoms with Gasteiger partial charge in [0.2, 0.25) is 5.09 Å². The molecule has 5 nitrogen and oxygen atoms in total. The van der Waals surface area contributed by atoms with Gasteiger partial charge in [0.25, 0.3) is 0 Å². The summed E-state index contributed by atoms with van der Waals surface area (Å²) in [5.74, 6) is 0.475. The lowest BCUT2D eigenvalue weighted by Crippen LogP contribution is -2.20. The van der Waals surface area contributed by atoms with Crippen LogP contribution in [0.3, 0.4) is 0 Å². The molecule has 0 fully saturated rings. The lowest BCUT2D eigenvalue weighted by atomic mass is 10.0. The van der Waals surface area contributed by atoms with Crippen LogP contribution in [0.4, 0.5) is 0 Å². The molecule has 1 atom stereocenters. The molecular weight excluding hydrogens is 204 g/mol. The van der Waals surface area contributed by atoms with Crippen LogP contribution in [0.15, 0.2) is 15.6 Å². The Morgan fingerprint density at radius 2 is 2.14 bits per heavy atom. The maximum absolute atomic E-state index is 11.3. The van der Waals surface area contributed by atoms with Gasteiger partial charge in [-0.25, -0.2) is 14.1 Å². The van der Waals surface area contributed by atoms with E-state index in [9.17, 15) is 9.32 Å². The first-order valence-electron chi connectivity index (χ1n) is 4.02. The molecule has 0 radical (unpaired) electrons. The quantitative estimate of drug-likeness (QED) is 0.692. The number of aryl methyl sites for hydroxylation is 1. The molecule has 0 aliphatic carbocycles. The molecule has 1 rings (SSSR count). The zero-order valence-electron chi connectivity index (χ0n) is 8.33. The van der Waals surface area contributed by atoms with Gasteiger partial charge in [0.15, 0.2) is 9.92 Å². The summed E-state index contributed by atoms with van der Waals surface area (Å²) >= 11 is 0. The highest BCUT2D eigenvalue weighted by Gasteiger charge is 2.27.